The second-order valence-corrected chi connectivity index (χ2v) is 15.0. The Morgan fingerprint density at radius 3 is 2.58 bits per heavy atom. The normalized spacial score (nSPS) is 18.5. The van der Waals surface area contributed by atoms with Gasteiger partial charge in [0.2, 0.25) is 5.95 Å². The molecule has 0 spiro atoms. The first-order chi connectivity index (χ1) is 26.4. The lowest BCUT2D eigenvalue weighted by molar-refractivity contribution is -0.150. The van der Waals surface area contributed by atoms with Crippen LogP contribution in [0.3, 0.4) is 0 Å². The number of amides is 1. The average Bonchev–Trinajstić information content (AvgIpc) is 3.51. The second kappa shape index (κ2) is 16.2. The van der Waals surface area contributed by atoms with Gasteiger partial charge in [0.15, 0.2) is 5.65 Å². The SMILES string of the molecule is CCOC(=O)CO[C@@H]1CCN(Cc2ccc(C(=O)Nc3nc4nc(-c5cnc(C6CC6)c(C(F)(F)F)c5)cc(N(C)CC5(COC)CCCC5)c4[nH]3)nc2)C1. The lowest BCUT2D eigenvalue weighted by Gasteiger charge is -2.34. The second-order valence-electron chi connectivity index (χ2n) is 15.0. The van der Waals surface area contributed by atoms with Crippen LogP contribution in [-0.2, 0) is 31.7 Å². The fourth-order valence-electron chi connectivity index (χ4n) is 7.92. The Labute approximate surface area is 317 Å². The van der Waals surface area contributed by atoms with Crippen molar-refractivity contribution in [3.8, 4) is 11.3 Å². The van der Waals surface area contributed by atoms with Crippen molar-refractivity contribution in [1.29, 1.82) is 0 Å². The Kier molecular flexibility index (Phi) is 11.4. The Morgan fingerprint density at radius 1 is 1.09 bits per heavy atom. The number of H-pyrrole nitrogens is 1. The minimum atomic E-state index is -4.56. The van der Waals surface area contributed by atoms with Gasteiger partial charge in [-0.25, -0.2) is 9.78 Å². The summed E-state index contributed by atoms with van der Waals surface area (Å²) in [6.07, 6.45) is 4.83. The summed E-state index contributed by atoms with van der Waals surface area (Å²) < 4.78 is 59.0. The molecule has 294 valence electrons. The molecule has 1 aliphatic heterocycles. The van der Waals surface area contributed by atoms with Gasteiger partial charge in [-0.05, 0) is 62.8 Å². The van der Waals surface area contributed by atoms with Crippen molar-refractivity contribution >= 4 is 34.7 Å². The topological polar surface area (TPSA) is 148 Å². The van der Waals surface area contributed by atoms with Crippen molar-refractivity contribution in [3.05, 3.63) is 59.2 Å². The number of methoxy groups -OCH3 is 1. The number of halogens is 3. The lowest BCUT2D eigenvalue weighted by atomic mass is 9.86. The molecule has 13 nitrogen and oxygen atoms in total. The van der Waals surface area contributed by atoms with Gasteiger partial charge in [-0.3, -0.25) is 25.0 Å². The molecule has 2 saturated carbocycles. The third kappa shape index (κ3) is 9.08. The maximum absolute atomic E-state index is 14.2. The van der Waals surface area contributed by atoms with E-state index in [0.29, 0.717) is 62.6 Å². The van der Waals surface area contributed by atoms with Crippen LogP contribution in [0.25, 0.3) is 22.4 Å². The molecule has 0 aromatic carbocycles. The van der Waals surface area contributed by atoms with Crippen LogP contribution in [0.5, 0.6) is 0 Å². The average molecular weight is 765 g/mol. The number of fused-ring (bicyclic) bond motifs is 1. The smallest absolute Gasteiger partial charge is 0.418 e. The molecule has 1 saturated heterocycles. The number of carbonyl (C=O) groups excluding carboxylic acids is 2. The van der Waals surface area contributed by atoms with Gasteiger partial charge < -0.3 is 24.1 Å². The largest absolute Gasteiger partial charge is 0.464 e. The van der Waals surface area contributed by atoms with Crippen LogP contribution in [0.2, 0.25) is 0 Å². The summed E-state index contributed by atoms with van der Waals surface area (Å²) in [7, 11) is 3.63. The van der Waals surface area contributed by atoms with Crippen molar-refractivity contribution in [2.45, 2.75) is 76.6 Å². The number of aromatic amines is 1. The van der Waals surface area contributed by atoms with Gasteiger partial charge in [-0.15, -0.1) is 0 Å². The molecule has 4 aromatic heterocycles. The number of alkyl halides is 3. The minimum absolute atomic E-state index is 0.0619. The van der Waals surface area contributed by atoms with E-state index in [1.165, 1.54) is 6.20 Å². The predicted molar refractivity (Wildman–Crippen MR) is 199 cm³/mol. The summed E-state index contributed by atoms with van der Waals surface area (Å²) in [6.45, 7) is 5.30. The van der Waals surface area contributed by atoms with Crippen LogP contribution < -0.4 is 10.2 Å². The van der Waals surface area contributed by atoms with E-state index in [9.17, 15) is 22.8 Å². The number of hydrogen-bond donors (Lipinski definition) is 2. The quantitative estimate of drug-likeness (QED) is 0.130. The van der Waals surface area contributed by atoms with Gasteiger partial charge in [-0.2, -0.15) is 18.2 Å². The van der Waals surface area contributed by atoms with Gasteiger partial charge in [0.05, 0.1) is 42.0 Å². The van der Waals surface area contributed by atoms with Crippen molar-refractivity contribution in [2.75, 3.05) is 63.8 Å². The van der Waals surface area contributed by atoms with Crippen LogP contribution in [0.4, 0.5) is 24.8 Å². The third-order valence-corrected chi connectivity index (χ3v) is 10.7. The number of pyridine rings is 3. The summed E-state index contributed by atoms with van der Waals surface area (Å²) in [5, 5.41) is 2.79. The molecule has 1 amide bonds. The number of hydrogen-bond acceptors (Lipinski definition) is 11. The first-order valence-corrected chi connectivity index (χ1v) is 18.9. The lowest BCUT2D eigenvalue weighted by Crippen LogP contribution is -2.37. The van der Waals surface area contributed by atoms with Gasteiger partial charge in [0.25, 0.3) is 5.91 Å². The van der Waals surface area contributed by atoms with Crippen molar-refractivity contribution in [1.82, 2.24) is 29.8 Å². The zero-order valence-corrected chi connectivity index (χ0v) is 31.4. The summed E-state index contributed by atoms with van der Waals surface area (Å²) in [5.41, 5.74) is 2.30. The third-order valence-electron chi connectivity index (χ3n) is 10.7. The Hall–Kier alpha value is -4.67. The number of esters is 1. The summed E-state index contributed by atoms with van der Waals surface area (Å²) >= 11 is 0. The highest BCUT2D eigenvalue weighted by atomic mass is 19.4. The number of carbonyl (C=O) groups is 2. The van der Waals surface area contributed by atoms with Crippen LogP contribution in [0, 0.1) is 5.41 Å². The summed E-state index contributed by atoms with van der Waals surface area (Å²) in [6, 6.07) is 6.37. The molecule has 2 aliphatic carbocycles. The Bertz CT molecular complexity index is 2000. The zero-order valence-electron chi connectivity index (χ0n) is 31.4. The Morgan fingerprint density at radius 2 is 1.89 bits per heavy atom. The standard InChI is InChI=1S/C39H47F3N8O5/c1-4-54-32(51)21-55-27-11-14-50(20-27)19-24-7-10-29(43-17-24)36(52)48-37-46-34-31(49(2)22-38(23-53-3)12-5-6-13-38)16-30(45-35(34)47-37)26-15-28(39(40,41)42)33(44-18-26)25-8-9-25/h7,10,15-18,25,27H,4-6,8-9,11-14,19-23H2,1-3H3,(H2,45,46,47,48,52)/t27-/m1/s1. The van der Waals surface area contributed by atoms with Crippen LogP contribution in [0.1, 0.15) is 85.1 Å². The molecule has 3 fully saturated rings. The summed E-state index contributed by atoms with van der Waals surface area (Å²) in [4.78, 5) is 50.4. The van der Waals surface area contributed by atoms with E-state index in [1.54, 1.807) is 32.4 Å². The highest BCUT2D eigenvalue weighted by Gasteiger charge is 2.40. The van der Waals surface area contributed by atoms with Gasteiger partial charge in [0, 0.05) is 69.6 Å². The maximum atomic E-state index is 14.2. The monoisotopic (exact) mass is 764 g/mol. The minimum Gasteiger partial charge on any atom is -0.464 e. The van der Waals surface area contributed by atoms with Crippen molar-refractivity contribution in [2.24, 2.45) is 5.41 Å². The van der Waals surface area contributed by atoms with Crippen LogP contribution in [0.15, 0.2) is 36.7 Å². The number of nitrogens with one attached hydrogen (secondary N) is 2. The van der Waals surface area contributed by atoms with Gasteiger partial charge >= 0.3 is 12.1 Å². The molecule has 2 N–H and O–H groups in total. The highest BCUT2D eigenvalue weighted by molar-refractivity contribution is 6.03. The number of likely N-dealkylation sites (tertiary alicyclic amines) is 1. The Balaban J connectivity index is 1.10. The maximum Gasteiger partial charge on any atom is 0.418 e. The molecule has 0 bridgehead atoms. The van der Waals surface area contributed by atoms with E-state index in [0.717, 1.165) is 50.3 Å². The molecule has 55 heavy (non-hydrogen) atoms. The zero-order chi connectivity index (χ0) is 38.7. The van der Waals surface area contributed by atoms with Crippen LogP contribution in [-0.4, -0.2) is 101 Å². The van der Waals surface area contributed by atoms with Gasteiger partial charge in [0.1, 0.15) is 17.8 Å². The molecule has 3 aliphatic rings. The van der Waals surface area contributed by atoms with E-state index in [-0.39, 0.29) is 58.6 Å². The molecular weight excluding hydrogens is 717 g/mol. The predicted octanol–water partition coefficient (Wildman–Crippen LogP) is 6.36. The van der Waals surface area contributed by atoms with E-state index in [2.05, 4.69) is 40.0 Å². The van der Waals surface area contributed by atoms with E-state index >= 15 is 0 Å². The number of rotatable bonds is 15. The van der Waals surface area contributed by atoms with Gasteiger partial charge in [-0.1, -0.05) is 18.9 Å². The van der Waals surface area contributed by atoms with Crippen molar-refractivity contribution < 1.29 is 37.0 Å². The molecule has 5 heterocycles. The number of ether oxygens (including phenoxy) is 3. The van der Waals surface area contributed by atoms with Crippen molar-refractivity contribution in [3.63, 3.8) is 0 Å². The number of nitrogens with zero attached hydrogens (tertiary/aromatic N) is 6. The molecular formula is C39H47F3N8O5. The molecule has 1 atom stereocenters. The first-order valence-electron chi connectivity index (χ1n) is 18.9. The van der Waals surface area contributed by atoms with E-state index < -0.39 is 17.6 Å². The van der Waals surface area contributed by atoms with Crippen LogP contribution >= 0.6 is 0 Å². The molecule has 16 heteroatoms. The molecule has 7 rings (SSSR count). The van der Waals surface area contributed by atoms with E-state index in [1.807, 2.05) is 13.1 Å². The molecule has 0 radical (unpaired) electrons. The van der Waals surface area contributed by atoms with E-state index in [4.69, 9.17) is 14.2 Å². The first kappa shape index (κ1) is 38.6. The number of imidazole rings is 1. The summed E-state index contributed by atoms with van der Waals surface area (Å²) in [5.74, 6) is -0.923. The highest BCUT2D eigenvalue weighted by Crippen LogP contribution is 2.46. The number of anilines is 2. The fraction of sp³-hybridized carbons (Fsp3) is 0.538. The molecule has 4 aromatic rings. The molecule has 0 unspecified atom stereocenters. The number of aromatic nitrogens is 5. The fourth-order valence-corrected chi connectivity index (χ4v) is 7.92.